The molecule has 10 heteroatoms. The minimum absolute atomic E-state index is 0.0536. The Balaban J connectivity index is 1.41. The maximum Gasteiger partial charge on any atom is 0.339 e. The Bertz CT molecular complexity index is 1350. The maximum absolute atomic E-state index is 12.5. The number of amides is 1. The van der Waals surface area contributed by atoms with E-state index in [1.165, 1.54) is 12.1 Å². The van der Waals surface area contributed by atoms with Crippen molar-refractivity contribution in [2.24, 2.45) is 0 Å². The smallest absolute Gasteiger partial charge is 0.339 e. The number of benzene rings is 3. The summed E-state index contributed by atoms with van der Waals surface area (Å²) < 4.78 is 5.15. The number of carbonyl (C=O) groups excluding carboxylic acids is 2. The van der Waals surface area contributed by atoms with E-state index < -0.39 is 23.4 Å². The zero-order chi connectivity index (χ0) is 22.7. The second-order valence-electron chi connectivity index (χ2n) is 6.72. The molecule has 0 aliphatic carbocycles. The van der Waals surface area contributed by atoms with Crippen LogP contribution in [0.2, 0.25) is 0 Å². The Morgan fingerprint density at radius 1 is 1.12 bits per heavy atom. The second kappa shape index (κ2) is 8.82. The van der Waals surface area contributed by atoms with Crippen molar-refractivity contribution < 1.29 is 19.2 Å². The van der Waals surface area contributed by atoms with Gasteiger partial charge in [-0.3, -0.25) is 20.2 Å². The first-order chi connectivity index (χ1) is 15.4. The molecule has 0 unspecified atom stereocenters. The number of ether oxygens (including phenoxy) is 1. The van der Waals surface area contributed by atoms with Gasteiger partial charge in [0.05, 0.1) is 16.2 Å². The standard InChI is InChI=1S/C22H16N4O5S/c23-17-9-3-5-13-4-2-8-16(20(13)17)21(28)31-11-19(27)25-22-24-18(12-32-22)14-6-1-7-15(10-14)26(29)30/h1-10,12H,11,23H2,(H,24,25,27). The zero-order valence-electron chi connectivity index (χ0n) is 16.5. The highest BCUT2D eigenvalue weighted by Gasteiger charge is 2.16. The lowest BCUT2D eigenvalue weighted by Gasteiger charge is -2.09. The van der Waals surface area contributed by atoms with Gasteiger partial charge in [-0.1, -0.05) is 36.4 Å². The Morgan fingerprint density at radius 3 is 2.66 bits per heavy atom. The number of rotatable bonds is 6. The number of thiazole rings is 1. The number of aromatic nitrogens is 1. The first kappa shape index (κ1) is 20.9. The molecule has 0 aliphatic heterocycles. The number of hydrogen-bond donors (Lipinski definition) is 2. The quantitative estimate of drug-likeness (QED) is 0.195. The molecule has 0 radical (unpaired) electrons. The van der Waals surface area contributed by atoms with E-state index in [-0.39, 0.29) is 16.4 Å². The van der Waals surface area contributed by atoms with Crippen molar-refractivity contribution in [1.82, 2.24) is 4.98 Å². The van der Waals surface area contributed by atoms with Gasteiger partial charge in [0.25, 0.3) is 11.6 Å². The molecule has 4 rings (SSSR count). The number of nitrogen functional groups attached to an aromatic ring is 1. The Kier molecular flexibility index (Phi) is 5.77. The number of nitro benzene ring substituents is 1. The number of carbonyl (C=O) groups is 2. The van der Waals surface area contributed by atoms with E-state index in [4.69, 9.17) is 10.5 Å². The third-order valence-corrected chi connectivity index (χ3v) is 5.35. The highest BCUT2D eigenvalue weighted by molar-refractivity contribution is 7.14. The summed E-state index contributed by atoms with van der Waals surface area (Å²) in [5.74, 6) is -1.23. The van der Waals surface area contributed by atoms with Crippen LogP contribution in [-0.4, -0.2) is 28.4 Å². The number of hydrogen-bond acceptors (Lipinski definition) is 8. The van der Waals surface area contributed by atoms with Gasteiger partial charge < -0.3 is 10.5 Å². The normalized spacial score (nSPS) is 10.6. The topological polar surface area (TPSA) is 137 Å². The van der Waals surface area contributed by atoms with Crippen molar-refractivity contribution in [2.45, 2.75) is 0 Å². The zero-order valence-corrected chi connectivity index (χ0v) is 17.3. The minimum Gasteiger partial charge on any atom is -0.452 e. The third-order valence-electron chi connectivity index (χ3n) is 4.59. The van der Waals surface area contributed by atoms with E-state index in [1.807, 2.05) is 12.1 Å². The van der Waals surface area contributed by atoms with Gasteiger partial charge in [-0.25, -0.2) is 9.78 Å². The van der Waals surface area contributed by atoms with Gasteiger partial charge in [0, 0.05) is 34.1 Å². The molecule has 3 N–H and O–H groups in total. The lowest BCUT2D eigenvalue weighted by atomic mass is 10.0. The lowest BCUT2D eigenvalue weighted by Crippen LogP contribution is -2.21. The number of fused-ring (bicyclic) bond motifs is 1. The van der Waals surface area contributed by atoms with E-state index in [2.05, 4.69) is 10.3 Å². The van der Waals surface area contributed by atoms with Crippen LogP contribution < -0.4 is 11.1 Å². The van der Waals surface area contributed by atoms with Gasteiger partial charge in [0.1, 0.15) is 0 Å². The molecular weight excluding hydrogens is 432 g/mol. The van der Waals surface area contributed by atoms with Crippen LogP contribution in [0.15, 0.2) is 66.0 Å². The highest BCUT2D eigenvalue weighted by atomic mass is 32.1. The van der Waals surface area contributed by atoms with Crippen LogP contribution in [0.5, 0.6) is 0 Å². The Hall–Kier alpha value is -4.31. The van der Waals surface area contributed by atoms with Gasteiger partial charge >= 0.3 is 5.97 Å². The molecule has 9 nitrogen and oxygen atoms in total. The van der Waals surface area contributed by atoms with Crippen LogP contribution in [0, 0.1) is 10.1 Å². The summed E-state index contributed by atoms with van der Waals surface area (Å²) in [6, 6.07) is 16.5. The minimum atomic E-state index is -0.667. The van der Waals surface area contributed by atoms with E-state index in [1.54, 1.807) is 41.8 Å². The molecular formula is C22H16N4O5S. The average molecular weight is 448 g/mol. The summed E-state index contributed by atoms with van der Waals surface area (Å²) in [6.45, 7) is -0.506. The molecule has 0 saturated carbocycles. The predicted octanol–water partition coefficient (Wildman–Crippen LogP) is 4.25. The molecule has 4 aromatic rings. The molecule has 0 fully saturated rings. The van der Waals surface area contributed by atoms with Crippen molar-refractivity contribution in [3.05, 3.63) is 81.7 Å². The fourth-order valence-corrected chi connectivity index (χ4v) is 3.88. The van der Waals surface area contributed by atoms with Crippen LogP contribution in [-0.2, 0) is 9.53 Å². The van der Waals surface area contributed by atoms with Crippen LogP contribution >= 0.6 is 11.3 Å². The maximum atomic E-state index is 12.5. The van der Waals surface area contributed by atoms with E-state index >= 15 is 0 Å². The third kappa shape index (κ3) is 4.40. The molecule has 1 heterocycles. The van der Waals surface area contributed by atoms with E-state index in [0.717, 1.165) is 16.7 Å². The molecule has 0 bridgehead atoms. The fraction of sp³-hybridized carbons (Fsp3) is 0.0455. The van der Waals surface area contributed by atoms with Crippen molar-refractivity contribution in [2.75, 3.05) is 17.7 Å². The molecule has 0 aliphatic rings. The van der Waals surface area contributed by atoms with Gasteiger partial charge in [-0.15, -0.1) is 11.3 Å². The van der Waals surface area contributed by atoms with Crippen LogP contribution in [0.1, 0.15) is 10.4 Å². The summed E-state index contributed by atoms with van der Waals surface area (Å²) in [6.07, 6.45) is 0. The molecule has 32 heavy (non-hydrogen) atoms. The van der Waals surface area contributed by atoms with Crippen molar-refractivity contribution >= 4 is 50.5 Å². The predicted molar refractivity (Wildman–Crippen MR) is 121 cm³/mol. The molecule has 0 saturated heterocycles. The van der Waals surface area contributed by atoms with Crippen molar-refractivity contribution in [1.29, 1.82) is 0 Å². The highest BCUT2D eigenvalue weighted by Crippen LogP contribution is 2.28. The molecule has 1 amide bonds. The number of non-ortho nitro benzene ring substituents is 1. The van der Waals surface area contributed by atoms with Crippen molar-refractivity contribution in [3.63, 3.8) is 0 Å². The number of esters is 1. The second-order valence-corrected chi connectivity index (χ2v) is 7.58. The summed E-state index contributed by atoms with van der Waals surface area (Å²) in [4.78, 5) is 39.5. The molecule has 0 atom stereocenters. The first-order valence-corrected chi connectivity index (χ1v) is 10.2. The van der Waals surface area contributed by atoms with Gasteiger partial charge in [-0.2, -0.15) is 0 Å². The molecule has 1 aromatic heterocycles. The number of nitrogens with one attached hydrogen (secondary N) is 1. The Morgan fingerprint density at radius 2 is 1.88 bits per heavy atom. The summed E-state index contributed by atoms with van der Waals surface area (Å²) in [5.41, 5.74) is 7.69. The van der Waals surface area contributed by atoms with Crippen LogP contribution in [0.25, 0.3) is 22.0 Å². The number of nitrogens with two attached hydrogens (primary N) is 1. The first-order valence-electron chi connectivity index (χ1n) is 9.37. The Labute approximate surface area is 185 Å². The van der Waals surface area contributed by atoms with Gasteiger partial charge in [0.2, 0.25) is 0 Å². The number of nitrogens with zero attached hydrogens (tertiary/aromatic N) is 2. The van der Waals surface area contributed by atoms with Crippen LogP contribution in [0.4, 0.5) is 16.5 Å². The monoisotopic (exact) mass is 448 g/mol. The van der Waals surface area contributed by atoms with Gasteiger partial charge in [0.15, 0.2) is 11.7 Å². The molecule has 3 aromatic carbocycles. The van der Waals surface area contributed by atoms with Crippen molar-refractivity contribution in [3.8, 4) is 11.3 Å². The van der Waals surface area contributed by atoms with E-state index in [0.29, 0.717) is 22.3 Å². The lowest BCUT2D eigenvalue weighted by molar-refractivity contribution is -0.384. The van der Waals surface area contributed by atoms with E-state index in [9.17, 15) is 19.7 Å². The molecule has 160 valence electrons. The average Bonchev–Trinajstić information content (AvgIpc) is 3.26. The number of anilines is 2. The largest absolute Gasteiger partial charge is 0.452 e. The van der Waals surface area contributed by atoms with Crippen LogP contribution in [0.3, 0.4) is 0 Å². The summed E-state index contributed by atoms with van der Waals surface area (Å²) in [7, 11) is 0. The summed E-state index contributed by atoms with van der Waals surface area (Å²) in [5, 5.41) is 16.8. The molecule has 0 spiro atoms. The van der Waals surface area contributed by atoms with Gasteiger partial charge in [-0.05, 0) is 17.5 Å². The number of nitro groups is 1. The summed E-state index contributed by atoms with van der Waals surface area (Å²) >= 11 is 1.15. The SMILES string of the molecule is Nc1cccc2cccc(C(=O)OCC(=O)Nc3nc(-c4cccc([N+](=O)[O-])c4)cs3)c12. The fourth-order valence-electron chi connectivity index (χ4n) is 3.15.